The van der Waals surface area contributed by atoms with Crippen LogP contribution < -0.4 is 5.32 Å². The molecule has 1 N–H and O–H groups in total. The van der Waals surface area contributed by atoms with Crippen molar-refractivity contribution in [3.63, 3.8) is 0 Å². The molecule has 0 bridgehead atoms. The molecule has 0 saturated carbocycles. The van der Waals surface area contributed by atoms with Crippen molar-refractivity contribution >= 4 is 17.7 Å². The lowest BCUT2D eigenvalue weighted by atomic mass is 9.97. The van der Waals surface area contributed by atoms with Gasteiger partial charge < -0.3 is 5.32 Å². The quantitative estimate of drug-likeness (QED) is 0.383. The zero-order chi connectivity index (χ0) is 22.3. The predicted octanol–water partition coefficient (Wildman–Crippen LogP) is 5.13. The molecule has 2 aromatic heterocycles. The van der Waals surface area contributed by atoms with Gasteiger partial charge in [0.1, 0.15) is 0 Å². The second-order valence-corrected chi connectivity index (χ2v) is 9.39. The molecule has 32 heavy (non-hydrogen) atoms. The summed E-state index contributed by atoms with van der Waals surface area (Å²) in [5.41, 5.74) is 4.46. The number of benzene rings is 1. The monoisotopic (exact) mass is 447 g/mol. The van der Waals surface area contributed by atoms with E-state index in [1.807, 2.05) is 41.8 Å². The second kappa shape index (κ2) is 10.6. The Kier molecular flexibility index (Phi) is 7.37. The number of pyridine rings is 1. The molecular formula is C25H29N5OS. The van der Waals surface area contributed by atoms with E-state index in [2.05, 4.69) is 39.6 Å². The number of thioether (sulfide) groups is 1. The number of nitrogens with one attached hydrogen (secondary N) is 1. The average molecular weight is 448 g/mol. The number of aromatic nitrogens is 4. The summed E-state index contributed by atoms with van der Waals surface area (Å²) in [4.78, 5) is 17.0. The van der Waals surface area contributed by atoms with Crippen molar-refractivity contribution in [2.75, 3.05) is 6.54 Å². The molecule has 0 aliphatic heterocycles. The largest absolute Gasteiger partial charge is 0.355 e. The second-order valence-electron chi connectivity index (χ2n) is 8.08. The number of hydrogen-bond donors (Lipinski definition) is 1. The maximum atomic E-state index is 12.8. The van der Waals surface area contributed by atoms with Crippen molar-refractivity contribution in [2.45, 2.75) is 56.4 Å². The lowest BCUT2D eigenvalue weighted by Crippen LogP contribution is -2.32. The maximum absolute atomic E-state index is 12.8. The molecule has 2 heterocycles. The van der Waals surface area contributed by atoms with Gasteiger partial charge in [-0.1, -0.05) is 41.6 Å². The number of carbonyl (C=O) groups excluding carboxylic acids is 1. The van der Waals surface area contributed by atoms with Crippen molar-refractivity contribution in [1.82, 2.24) is 25.1 Å². The lowest BCUT2D eigenvalue weighted by Gasteiger charge is -2.16. The number of para-hydroxylation sites is 1. The van der Waals surface area contributed by atoms with Crippen molar-refractivity contribution in [3.8, 4) is 17.1 Å². The first-order valence-corrected chi connectivity index (χ1v) is 12.1. The zero-order valence-corrected chi connectivity index (χ0v) is 19.4. The summed E-state index contributed by atoms with van der Waals surface area (Å²) >= 11 is 1.43. The van der Waals surface area contributed by atoms with Crippen LogP contribution in [0.4, 0.5) is 0 Å². The van der Waals surface area contributed by atoms with E-state index in [0.29, 0.717) is 17.5 Å². The molecule has 0 unspecified atom stereocenters. The van der Waals surface area contributed by atoms with Gasteiger partial charge in [-0.3, -0.25) is 14.3 Å². The van der Waals surface area contributed by atoms with Crippen LogP contribution in [0.5, 0.6) is 0 Å². The molecule has 1 aliphatic carbocycles. The highest BCUT2D eigenvalue weighted by Gasteiger charge is 2.22. The minimum Gasteiger partial charge on any atom is -0.355 e. The van der Waals surface area contributed by atoms with E-state index in [0.717, 1.165) is 29.7 Å². The number of amides is 1. The number of carbonyl (C=O) groups is 1. The summed E-state index contributed by atoms with van der Waals surface area (Å²) in [5.74, 6) is 0.736. The molecule has 7 heteroatoms. The number of hydrogen-bond acceptors (Lipinski definition) is 5. The SMILES string of the molecule is Cc1ccccc1-n1c(S[C@H](C)C(=O)NCCC2=CCCCC2)nnc1-c1cccnc1. The Labute approximate surface area is 193 Å². The Hall–Kier alpha value is -2.93. The van der Waals surface area contributed by atoms with Gasteiger partial charge in [0.15, 0.2) is 11.0 Å². The molecule has 1 aliphatic rings. The Bertz CT molecular complexity index is 1090. The number of aryl methyl sites for hydroxylation is 1. The van der Waals surface area contributed by atoms with Gasteiger partial charge in [0.05, 0.1) is 10.9 Å². The van der Waals surface area contributed by atoms with Crippen molar-refractivity contribution < 1.29 is 4.79 Å². The van der Waals surface area contributed by atoms with Gasteiger partial charge in [-0.2, -0.15) is 0 Å². The Morgan fingerprint density at radius 1 is 1.19 bits per heavy atom. The summed E-state index contributed by atoms with van der Waals surface area (Å²) in [5, 5.41) is 12.4. The van der Waals surface area contributed by atoms with Crippen LogP contribution in [0, 0.1) is 6.92 Å². The van der Waals surface area contributed by atoms with Gasteiger partial charge in [0.25, 0.3) is 0 Å². The molecule has 1 aromatic carbocycles. The Balaban J connectivity index is 1.51. The van der Waals surface area contributed by atoms with Crippen LogP contribution >= 0.6 is 11.8 Å². The van der Waals surface area contributed by atoms with E-state index in [9.17, 15) is 4.79 Å². The first kappa shape index (κ1) is 22.3. The molecule has 1 amide bonds. The van der Waals surface area contributed by atoms with Gasteiger partial charge in [0.2, 0.25) is 5.91 Å². The minimum atomic E-state index is -0.288. The topological polar surface area (TPSA) is 72.7 Å². The van der Waals surface area contributed by atoms with Gasteiger partial charge in [-0.05, 0) is 69.7 Å². The summed E-state index contributed by atoms with van der Waals surface area (Å²) in [6.07, 6.45) is 11.7. The van der Waals surface area contributed by atoms with Gasteiger partial charge in [-0.25, -0.2) is 0 Å². The fourth-order valence-corrected chi connectivity index (χ4v) is 4.78. The van der Waals surface area contributed by atoms with E-state index < -0.39 is 0 Å². The highest BCUT2D eigenvalue weighted by atomic mass is 32.2. The molecule has 166 valence electrons. The van der Waals surface area contributed by atoms with Crippen LogP contribution in [0.3, 0.4) is 0 Å². The number of rotatable bonds is 8. The fraction of sp³-hybridized carbons (Fsp3) is 0.360. The summed E-state index contributed by atoms with van der Waals surface area (Å²) < 4.78 is 2.02. The highest BCUT2D eigenvalue weighted by Crippen LogP contribution is 2.31. The van der Waals surface area contributed by atoms with E-state index in [1.165, 1.54) is 36.6 Å². The van der Waals surface area contributed by atoms with Gasteiger partial charge in [-0.15, -0.1) is 10.2 Å². The van der Waals surface area contributed by atoms with E-state index >= 15 is 0 Å². The van der Waals surface area contributed by atoms with Crippen LogP contribution in [0.15, 0.2) is 65.6 Å². The average Bonchev–Trinajstić information content (AvgIpc) is 3.23. The molecule has 0 spiro atoms. The maximum Gasteiger partial charge on any atom is 0.233 e. The third-order valence-electron chi connectivity index (χ3n) is 5.69. The van der Waals surface area contributed by atoms with Crippen LogP contribution in [0.2, 0.25) is 0 Å². The Morgan fingerprint density at radius 2 is 2.06 bits per heavy atom. The molecule has 6 nitrogen and oxygen atoms in total. The normalized spacial score (nSPS) is 14.6. The van der Waals surface area contributed by atoms with E-state index in [1.54, 1.807) is 12.4 Å². The first-order chi connectivity index (χ1) is 15.6. The smallest absolute Gasteiger partial charge is 0.233 e. The summed E-state index contributed by atoms with van der Waals surface area (Å²) in [6.45, 7) is 4.66. The molecule has 0 fully saturated rings. The summed E-state index contributed by atoms with van der Waals surface area (Å²) in [6, 6.07) is 12.0. The Morgan fingerprint density at radius 3 is 2.81 bits per heavy atom. The zero-order valence-electron chi connectivity index (χ0n) is 18.6. The third-order valence-corrected chi connectivity index (χ3v) is 6.73. The number of allylic oxidation sites excluding steroid dienone is 1. The van der Waals surface area contributed by atoms with E-state index in [-0.39, 0.29) is 11.2 Å². The molecule has 3 aromatic rings. The third kappa shape index (κ3) is 5.27. The standard InChI is InChI=1S/C25H29N5OS/c1-18-9-6-7-13-22(18)30-23(21-12-8-15-26-17-21)28-29-25(30)32-19(2)24(31)27-16-14-20-10-4-3-5-11-20/h6-10,12-13,15,17,19H,3-5,11,14,16H2,1-2H3,(H,27,31)/t19-/m1/s1. The molecule has 4 rings (SSSR count). The van der Waals surface area contributed by atoms with Gasteiger partial charge >= 0.3 is 0 Å². The molecule has 0 saturated heterocycles. The van der Waals surface area contributed by atoms with Crippen LogP contribution in [-0.4, -0.2) is 37.5 Å². The molecule has 1 atom stereocenters. The van der Waals surface area contributed by atoms with Crippen molar-refractivity contribution in [2.24, 2.45) is 0 Å². The van der Waals surface area contributed by atoms with Crippen LogP contribution in [-0.2, 0) is 4.79 Å². The fourth-order valence-electron chi connectivity index (χ4n) is 3.89. The lowest BCUT2D eigenvalue weighted by molar-refractivity contribution is -0.120. The predicted molar refractivity (Wildman–Crippen MR) is 129 cm³/mol. The molecule has 0 radical (unpaired) electrons. The van der Waals surface area contributed by atoms with Gasteiger partial charge in [0, 0.05) is 24.5 Å². The van der Waals surface area contributed by atoms with Crippen LogP contribution in [0.1, 0.15) is 44.6 Å². The van der Waals surface area contributed by atoms with Crippen molar-refractivity contribution in [3.05, 3.63) is 66.0 Å². The first-order valence-electron chi connectivity index (χ1n) is 11.2. The highest BCUT2D eigenvalue weighted by molar-refractivity contribution is 8.00. The summed E-state index contributed by atoms with van der Waals surface area (Å²) in [7, 11) is 0. The minimum absolute atomic E-state index is 0.0219. The molecular weight excluding hydrogens is 418 g/mol. The number of nitrogens with zero attached hydrogens (tertiary/aromatic N) is 4. The van der Waals surface area contributed by atoms with Crippen molar-refractivity contribution in [1.29, 1.82) is 0 Å². The van der Waals surface area contributed by atoms with Crippen LogP contribution in [0.25, 0.3) is 17.1 Å². The van der Waals surface area contributed by atoms with E-state index in [4.69, 9.17) is 0 Å².